The van der Waals surface area contributed by atoms with Crippen LogP contribution in [-0.2, 0) is 14.8 Å². The first-order valence-corrected chi connectivity index (χ1v) is 9.41. The van der Waals surface area contributed by atoms with E-state index in [1.165, 1.54) is 37.6 Å². The Hall–Kier alpha value is -2.94. The molecule has 1 fully saturated rings. The van der Waals surface area contributed by atoms with E-state index in [1.54, 1.807) is 19.1 Å². The zero-order chi connectivity index (χ0) is 18.9. The summed E-state index contributed by atoms with van der Waals surface area (Å²) in [5.74, 6) is -1.21. The van der Waals surface area contributed by atoms with Crippen molar-refractivity contribution in [3.05, 3.63) is 48.2 Å². The topological polar surface area (TPSA) is 106 Å². The highest BCUT2D eigenvalue weighted by Crippen LogP contribution is 2.28. The van der Waals surface area contributed by atoms with Gasteiger partial charge in [-0.15, -0.1) is 0 Å². The Bertz CT molecular complexity index is 939. The average molecular weight is 375 g/mol. The monoisotopic (exact) mass is 375 g/mol. The van der Waals surface area contributed by atoms with E-state index in [-0.39, 0.29) is 17.3 Å². The van der Waals surface area contributed by atoms with Crippen molar-refractivity contribution in [1.82, 2.24) is 4.98 Å². The van der Waals surface area contributed by atoms with E-state index < -0.39 is 21.8 Å². The molecule has 1 aliphatic rings. The Balaban J connectivity index is 1.76. The summed E-state index contributed by atoms with van der Waals surface area (Å²) in [6, 6.07) is 9.07. The molecule has 0 aliphatic carbocycles. The third kappa shape index (κ3) is 3.38. The number of hydrogen-bond acceptors (Lipinski definition) is 6. The van der Waals surface area contributed by atoms with E-state index in [9.17, 15) is 18.0 Å². The third-order valence-corrected chi connectivity index (χ3v) is 5.80. The molecule has 2 amide bonds. The molecule has 9 heteroatoms. The molecule has 0 spiro atoms. The standard InChI is InChI=1S/C17H17N3O5S/c1-11-10-26(23,24)20(17(11)22)14-6-3-12(4-7-14)16(21)19-13-5-8-15(25-2)18-9-13/h3-9,11H,10H2,1-2H3,(H,19,21). The minimum Gasteiger partial charge on any atom is -0.481 e. The fraction of sp³-hybridized carbons (Fsp3) is 0.235. The van der Waals surface area contributed by atoms with Crippen LogP contribution in [0, 0.1) is 5.92 Å². The van der Waals surface area contributed by atoms with Gasteiger partial charge in [-0.25, -0.2) is 17.7 Å². The molecular formula is C17H17N3O5S. The van der Waals surface area contributed by atoms with E-state index in [1.807, 2.05) is 0 Å². The molecule has 8 nitrogen and oxygen atoms in total. The number of nitrogens with one attached hydrogen (secondary N) is 1. The minimum atomic E-state index is -3.66. The number of methoxy groups -OCH3 is 1. The number of nitrogens with zero attached hydrogens (tertiary/aromatic N) is 2. The summed E-state index contributed by atoms with van der Waals surface area (Å²) < 4.78 is 30.0. The largest absolute Gasteiger partial charge is 0.481 e. The number of amides is 2. The average Bonchev–Trinajstić information content (AvgIpc) is 2.83. The maximum Gasteiger partial charge on any atom is 0.255 e. The van der Waals surface area contributed by atoms with Crippen molar-refractivity contribution in [1.29, 1.82) is 0 Å². The first-order chi connectivity index (χ1) is 12.3. The Morgan fingerprint density at radius 3 is 2.42 bits per heavy atom. The Morgan fingerprint density at radius 2 is 1.92 bits per heavy atom. The van der Waals surface area contributed by atoms with Crippen LogP contribution in [-0.4, -0.2) is 38.1 Å². The summed E-state index contributed by atoms with van der Waals surface area (Å²) in [6.45, 7) is 1.57. The zero-order valence-electron chi connectivity index (χ0n) is 14.2. The van der Waals surface area contributed by atoms with E-state index in [0.29, 0.717) is 17.1 Å². The van der Waals surface area contributed by atoms with Gasteiger partial charge >= 0.3 is 0 Å². The predicted molar refractivity (Wildman–Crippen MR) is 95.6 cm³/mol. The van der Waals surface area contributed by atoms with Crippen LogP contribution in [0.1, 0.15) is 17.3 Å². The van der Waals surface area contributed by atoms with E-state index in [4.69, 9.17) is 4.74 Å². The highest BCUT2D eigenvalue weighted by Gasteiger charge is 2.41. The van der Waals surface area contributed by atoms with Crippen molar-refractivity contribution in [2.75, 3.05) is 22.5 Å². The van der Waals surface area contributed by atoms with Crippen molar-refractivity contribution < 1.29 is 22.7 Å². The number of pyridine rings is 1. The first-order valence-electron chi connectivity index (χ1n) is 7.80. The molecule has 2 aromatic rings. The molecule has 26 heavy (non-hydrogen) atoms. The van der Waals surface area contributed by atoms with Crippen molar-refractivity contribution in [2.45, 2.75) is 6.92 Å². The molecule has 0 saturated carbocycles. The predicted octanol–water partition coefficient (Wildman–Crippen LogP) is 1.66. The summed E-state index contributed by atoms with van der Waals surface area (Å²) in [7, 11) is -2.17. The number of sulfonamides is 1. The number of ether oxygens (including phenoxy) is 1. The molecule has 1 unspecified atom stereocenters. The summed E-state index contributed by atoms with van der Waals surface area (Å²) in [6.07, 6.45) is 1.46. The maximum absolute atomic E-state index is 12.3. The second-order valence-corrected chi connectivity index (χ2v) is 7.73. The van der Waals surface area contributed by atoms with Crippen LogP contribution < -0.4 is 14.4 Å². The quantitative estimate of drug-likeness (QED) is 0.871. The van der Waals surface area contributed by atoms with Crippen molar-refractivity contribution in [2.24, 2.45) is 5.92 Å². The van der Waals surface area contributed by atoms with E-state index in [2.05, 4.69) is 10.3 Å². The molecule has 1 saturated heterocycles. The molecule has 3 rings (SSSR count). The van der Waals surface area contributed by atoms with E-state index >= 15 is 0 Å². The molecule has 1 aliphatic heterocycles. The lowest BCUT2D eigenvalue weighted by Gasteiger charge is -2.15. The van der Waals surface area contributed by atoms with Gasteiger partial charge in [0, 0.05) is 11.6 Å². The van der Waals surface area contributed by atoms with Gasteiger partial charge in [-0.3, -0.25) is 9.59 Å². The second kappa shape index (κ2) is 6.75. The number of carbonyl (C=O) groups excluding carboxylic acids is 2. The maximum atomic E-state index is 12.3. The number of carbonyl (C=O) groups is 2. The van der Waals surface area contributed by atoms with Gasteiger partial charge in [0.25, 0.3) is 5.91 Å². The van der Waals surface area contributed by atoms with Crippen molar-refractivity contribution >= 4 is 33.2 Å². The SMILES string of the molecule is COc1ccc(NC(=O)c2ccc(N3C(=O)C(C)CS3(=O)=O)cc2)cn1. The van der Waals surface area contributed by atoms with Gasteiger partial charge in [0.15, 0.2) is 0 Å². The molecule has 1 aromatic carbocycles. The lowest BCUT2D eigenvalue weighted by Crippen LogP contribution is -2.30. The van der Waals surface area contributed by atoms with Crippen LogP contribution in [0.25, 0.3) is 0 Å². The molecule has 2 heterocycles. The van der Waals surface area contributed by atoms with Crippen LogP contribution in [0.5, 0.6) is 5.88 Å². The van der Waals surface area contributed by atoms with Gasteiger partial charge in [0.2, 0.25) is 21.8 Å². The molecule has 0 radical (unpaired) electrons. The lowest BCUT2D eigenvalue weighted by atomic mass is 10.1. The Kier molecular flexibility index (Phi) is 4.64. The smallest absolute Gasteiger partial charge is 0.255 e. The molecule has 1 atom stereocenters. The number of benzene rings is 1. The number of anilines is 2. The summed E-state index contributed by atoms with van der Waals surface area (Å²) in [5.41, 5.74) is 1.04. The Morgan fingerprint density at radius 1 is 1.23 bits per heavy atom. The van der Waals surface area contributed by atoms with Gasteiger partial charge in [-0.1, -0.05) is 6.92 Å². The number of aromatic nitrogens is 1. The number of hydrogen-bond donors (Lipinski definition) is 1. The van der Waals surface area contributed by atoms with E-state index in [0.717, 1.165) is 4.31 Å². The van der Waals surface area contributed by atoms with Crippen molar-refractivity contribution in [3.63, 3.8) is 0 Å². The molecular weight excluding hydrogens is 358 g/mol. The van der Waals surface area contributed by atoms with Crippen LogP contribution in [0.4, 0.5) is 11.4 Å². The van der Waals surface area contributed by atoms with Gasteiger partial charge in [0.1, 0.15) is 0 Å². The zero-order valence-corrected chi connectivity index (χ0v) is 15.0. The highest BCUT2D eigenvalue weighted by molar-refractivity contribution is 7.94. The Labute approximate surface area is 150 Å². The molecule has 1 N–H and O–H groups in total. The van der Waals surface area contributed by atoms with Crippen LogP contribution in [0.2, 0.25) is 0 Å². The van der Waals surface area contributed by atoms with Gasteiger partial charge < -0.3 is 10.1 Å². The molecule has 0 bridgehead atoms. The fourth-order valence-corrected chi connectivity index (χ4v) is 4.43. The second-order valence-electron chi connectivity index (χ2n) is 5.87. The summed E-state index contributed by atoms with van der Waals surface area (Å²) >= 11 is 0. The summed E-state index contributed by atoms with van der Waals surface area (Å²) in [5, 5.41) is 2.67. The summed E-state index contributed by atoms with van der Waals surface area (Å²) in [4.78, 5) is 28.4. The van der Waals surface area contributed by atoms with Crippen LogP contribution in [0.15, 0.2) is 42.6 Å². The normalized spacial score (nSPS) is 18.6. The van der Waals surface area contributed by atoms with Crippen LogP contribution in [0.3, 0.4) is 0 Å². The van der Waals surface area contributed by atoms with Crippen molar-refractivity contribution in [3.8, 4) is 5.88 Å². The van der Waals surface area contributed by atoms with Crippen LogP contribution >= 0.6 is 0 Å². The van der Waals surface area contributed by atoms with Gasteiger partial charge in [-0.2, -0.15) is 0 Å². The van der Waals surface area contributed by atoms with Gasteiger partial charge in [-0.05, 0) is 30.3 Å². The lowest BCUT2D eigenvalue weighted by molar-refractivity contribution is -0.119. The fourth-order valence-electron chi connectivity index (χ4n) is 2.61. The minimum absolute atomic E-state index is 0.210. The highest BCUT2D eigenvalue weighted by atomic mass is 32.2. The molecule has 136 valence electrons. The molecule has 1 aromatic heterocycles. The third-order valence-electron chi connectivity index (χ3n) is 3.93. The number of rotatable bonds is 4. The van der Waals surface area contributed by atoms with Gasteiger partial charge in [0.05, 0.1) is 36.4 Å². The first kappa shape index (κ1) is 17.9.